The molecule has 2 rings (SSSR count). The standard InChI is InChI=1S/C20H22F3N3O4S/c1-4-26(5-2)31(29,30)16-8-6-7-14(11-16)19(28)25-18-12-15(20(21,22)23)9-10-17(18)24-13(3)27/h6-12H,4-5H2,1-3H3,(H,24,27)(H,25,28). The number of benzene rings is 2. The number of sulfonamides is 1. The van der Waals surface area contributed by atoms with E-state index in [1.54, 1.807) is 13.8 Å². The Balaban J connectivity index is 2.42. The SMILES string of the molecule is CCN(CC)S(=O)(=O)c1cccc(C(=O)Nc2cc(C(F)(F)F)ccc2NC(C)=O)c1. The number of amides is 2. The fourth-order valence-electron chi connectivity index (χ4n) is 2.83. The summed E-state index contributed by atoms with van der Waals surface area (Å²) in [5.74, 6) is -1.37. The van der Waals surface area contributed by atoms with Crippen LogP contribution in [0, 0.1) is 0 Å². The highest BCUT2D eigenvalue weighted by Gasteiger charge is 2.31. The Morgan fingerprint density at radius 3 is 2.16 bits per heavy atom. The minimum atomic E-state index is -4.66. The van der Waals surface area contributed by atoms with E-state index >= 15 is 0 Å². The maximum absolute atomic E-state index is 13.1. The van der Waals surface area contributed by atoms with Gasteiger partial charge in [-0.05, 0) is 36.4 Å². The minimum Gasteiger partial charge on any atom is -0.325 e. The Hall–Kier alpha value is -2.92. The molecule has 2 aromatic carbocycles. The van der Waals surface area contributed by atoms with Gasteiger partial charge in [-0.1, -0.05) is 19.9 Å². The van der Waals surface area contributed by atoms with Gasteiger partial charge in [0.25, 0.3) is 5.91 Å². The average molecular weight is 457 g/mol. The molecular formula is C20H22F3N3O4S. The van der Waals surface area contributed by atoms with Crippen molar-refractivity contribution in [2.75, 3.05) is 23.7 Å². The van der Waals surface area contributed by atoms with Gasteiger partial charge < -0.3 is 10.6 Å². The Bertz CT molecular complexity index is 1080. The normalized spacial score (nSPS) is 12.0. The number of rotatable bonds is 7. The van der Waals surface area contributed by atoms with Crippen LogP contribution in [-0.4, -0.2) is 37.6 Å². The van der Waals surface area contributed by atoms with E-state index in [4.69, 9.17) is 0 Å². The van der Waals surface area contributed by atoms with Gasteiger partial charge in [-0.15, -0.1) is 0 Å². The molecule has 0 fully saturated rings. The van der Waals surface area contributed by atoms with Crippen LogP contribution >= 0.6 is 0 Å². The number of nitrogens with one attached hydrogen (secondary N) is 2. The number of carbonyl (C=O) groups excluding carboxylic acids is 2. The van der Waals surface area contributed by atoms with E-state index in [2.05, 4.69) is 10.6 Å². The van der Waals surface area contributed by atoms with Gasteiger partial charge in [-0.3, -0.25) is 9.59 Å². The smallest absolute Gasteiger partial charge is 0.325 e. The molecule has 0 saturated heterocycles. The zero-order chi connectivity index (χ0) is 23.4. The maximum Gasteiger partial charge on any atom is 0.416 e. The molecule has 7 nitrogen and oxygen atoms in total. The molecule has 31 heavy (non-hydrogen) atoms. The molecular weight excluding hydrogens is 435 g/mol. The van der Waals surface area contributed by atoms with E-state index in [0.29, 0.717) is 6.07 Å². The van der Waals surface area contributed by atoms with Crippen LogP contribution in [0.3, 0.4) is 0 Å². The average Bonchev–Trinajstić information content (AvgIpc) is 2.69. The van der Waals surface area contributed by atoms with Gasteiger partial charge in [0.2, 0.25) is 15.9 Å². The number of alkyl halides is 3. The molecule has 0 aromatic heterocycles. The molecule has 0 spiro atoms. The Morgan fingerprint density at radius 1 is 0.968 bits per heavy atom. The van der Waals surface area contributed by atoms with Crippen molar-refractivity contribution >= 4 is 33.2 Å². The molecule has 0 aliphatic carbocycles. The molecule has 168 valence electrons. The van der Waals surface area contributed by atoms with Crippen molar-refractivity contribution in [3.8, 4) is 0 Å². The third-order valence-corrected chi connectivity index (χ3v) is 6.39. The van der Waals surface area contributed by atoms with Gasteiger partial charge in [0, 0.05) is 25.6 Å². The highest BCUT2D eigenvalue weighted by Crippen LogP contribution is 2.34. The lowest BCUT2D eigenvalue weighted by molar-refractivity contribution is -0.137. The van der Waals surface area contributed by atoms with E-state index < -0.39 is 33.6 Å². The molecule has 0 aliphatic rings. The zero-order valence-electron chi connectivity index (χ0n) is 17.1. The molecule has 2 aromatic rings. The number of nitrogens with zero attached hydrogens (tertiary/aromatic N) is 1. The van der Waals surface area contributed by atoms with Crippen molar-refractivity contribution in [1.29, 1.82) is 0 Å². The first-order valence-corrected chi connectivity index (χ1v) is 10.7. The number of anilines is 2. The van der Waals surface area contributed by atoms with Crippen molar-refractivity contribution in [3.05, 3.63) is 53.6 Å². The Kier molecular flexibility index (Phi) is 7.45. The Morgan fingerprint density at radius 2 is 1.61 bits per heavy atom. The summed E-state index contributed by atoms with van der Waals surface area (Å²) in [5.41, 5.74) is -1.39. The first-order valence-electron chi connectivity index (χ1n) is 9.30. The molecule has 2 amide bonds. The summed E-state index contributed by atoms with van der Waals surface area (Å²) in [4.78, 5) is 23.9. The van der Waals surface area contributed by atoms with Crippen LogP contribution in [0.4, 0.5) is 24.5 Å². The lowest BCUT2D eigenvalue weighted by Crippen LogP contribution is -2.30. The summed E-state index contributed by atoms with van der Waals surface area (Å²) in [6.45, 7) is 4.99. The third-order valence-electron chi connectivity index (χ3n) is 4.35. The first-order chi connectivity index (χ1) is 14.4. The van der Waals surface area contributed by atoms with Crippen LogP contribution in [-0.2, 0) is 21.0 Å². The van der Waals surface area contributed by atoms with Crippen LogP contribution in [0.2, 0.25) is 0 Å². The summed E-state index contributed by atoms with van der Waals surface area (Å²) >= 11 is 0. The molecule has 0 heterocycles. The number of halogens is 3. The second kappa shape index (κ2) is 9.48. The second-order valence-corrected chi connectivity index (χ2v) is 8.45. The number of hydrogen-bond donors (Lipinski definition) is 2. The fourth-order valence-corrected chi connectivity index (χ4v) is 4.33. The van der Waals surface area contributed by atoms with Crippen molar-refractivity contribution in [1.82, 2.24) is 4.31 Å². The summed E-state index contributed by atoms with van der Waals surface area (Å²) in [5, 5.41) is 4.67. The van der Waals surface area contributed by atoms with Crippen LogP contribution in [0.15, 0.2) is 47.4 Å². The molecule has 0 radical (unpaired) electrons. The predicted octanol–water partition coefficient (Wildman–Crippen LogP) is 3.95. The lowest BCUT2D eigenvalue weighted by Gasteiger charge is -2.19. The van der Waals surface area contributed by atoms with Gasteiger partial charge in [-0.25, -0.2) is 8.42 Å². The van der Waals surface area contributed by atoms with E-state index in [9.17, 15) is 31.2 Å². The van der Waals surface area contributed by atoms with E-state index in [1.807, 2.05) is 0 Å². The molecule has 2 N–H and O–H groups in total. The van der Waals surface area contributed by atoms with Crippen LogP contribution in [0.25, 0.3) is 0 Å². The van der Waals surface area contributed by atoms with Gasteiger partial charge in [0.05, 0.1) is 21.8 Å². The monoisotopic (exact) mass is 457 g/mol. The topological polar surface area (TPSA) is 95.6 Å². The first kappa shape index (κ1) is 24.4. The zero-order valence-corrected chi connectivity index (χ0v) is 17.9. The molecule has 0 aliphatic heterocycles. The second-order valence-electron chi connectivity index (χ2n) is 6.51. The third kappa shape index (κ3) is 5.82. The van der Waals surface area contributed by atoms with E-state index in [0.717, 1.165) is 18.2 Å². The molecule has 11 heteroatoms. The molecule has 0 unspecified atom stereocenters. The number of carbonyl (C=O) groups is 2. The molecule has 0 bridgehead atoms. The highest BCUT2D eigenvalue weighted by atomic mass is 32.2. The van der Waals surface area contributed by atoms with Crippen molar-refractivity contribution < 1.29 is 31.2 Å². The predicted molar refractivity (Wildman–Crippen MR) is 110 cm³/mol. The summed E-state index contributed by atoms with van der Waals surface area (Å²) in [7, 11) is -3.83. The number of hydrogen-bond acceptors (Lipinski definition) is 4. The largest absolute Gasteiger partial charge is 0.416 e. The van der Waals surface area contributed by atoms with Crippen LogP contribution in [0.1, 0.15) is 36.7 Å². The van der Waals surface area contributed by atoms with E-state index in [1.165, 1.54) is 29.4 Å². The minimum absolute atomic E-state index is 0.0271. The van der Waals surface area contributed by atoms with Crippen molar-refractivity contribution in [2.45, 2.75) is 31.8 Å². The molecule has 0 saturated carbocycles. The van der Waals surface area contributed by atoms with Gasteiger partial charge in [-0.2, -0.15) is 17.5 Å². The lowest BCUT2D eigenvalue weighted by atomic mass is 10.1. The Labute approximate surface area is 178 Å². The summed E-state index contributed by atoms with van der Waals surface area (Å²) < 4.78 is 65.8. The van der Waals surface area contributed by atoms with E-state index in [-0.39, 0.29) is 34.9 Å². The van der Waals surface area contributed by atoms with Crippen LogP contribution < -0.4 is 10.6 Å². The van der Waals surface area contributed by atoms with Gasteiger partial charge in [0.15, 0.2) is 0 Å². The summed E-state index contributed by atoms with van der Waals surface area (Å²) in [6.07, 6.45) is -4.66. The molecule has 0 atom stereocenters. The van der Waals surface area contributed by atoms with Gasteiger partial charge >= 0.3 is 6.18 Å². The van der Waals surface area contributed by atoms with Crippen molar-refractivity contribution in [3.63, 3.8) is 0 Å². The fraction of sp³-hybridized carbons (Fsp3) is 0.300. The maximum atomic E-state index is 13.1. The van der Waals surface area contributed by atoms with Crippen LogP contribution in [0.5, 0.6) is 0 Å². The quantitative estimate of drug-likeness (QED) is 0.658. The highest BCUT2D eigenvalue weighted by molar-refractivity contribution is 7.89. The summed E-state index contributed by atoms with van der Waals surface area (Å²) in [6, 6.07) is 7.68. The van der Waals surface area contributed by atoms with Gasteiger partial charge in [0.1, 0.15) is 0 Å². The van der Waals surface area contributed by atoms with Crippen molar-refractivity contribution in [2.24, 2.45) is 0 Å².